The molecule has 0 bridgehead atoms. The third kappa shape index (κ3) is 5.17. The van der Waals surface area contributed by atoms with E-state index in [9.17, 15) is 22.7 Å². The quantitative estimate of drug-likeness (QED) is 0.574. The van der Waals surface area contributed by atoms with Crippen molar-refractivity contribution in [3.8, 4) is 0 Å². The minimum Gasteiger partial charge on any atom is -0.393 e. The van der Waals surface area contributed by atoms with Crippen LogP contribution in [-0.4, -0.2) is 60.2 Å². The maximum Gasteiger partial charge on any atom is 0.321 e. The van der Waals surface area contributed by atoms with E-state index < -0.39 is 40.3 Å². The van der Waals surface area contributed by atoms with Gasteiger partial charge in [0.25, 0.3) is 0 Å². The SMILES string of the molecule is O=C(Nc1ccc(S(=O)(=O)CF)cc1)N1CCC(F)(c2ncc([C@@H](O)CO)cc2Cl)CC1. The topological polar surface area (TPSA) is 120 Å². The number of benzene rings is 1. The van der Waals surface area contributed by atoms with E-state index in [-0.39, 0.29) is 47.1 Å². The van der Waals surface area contributed by atoms with E-state index in [2.05, 4.69) is 10.3 Å². The van der Waals surface area contributed by atoms with Gasteiger partial charge in [0.2, 0.25) is 9.84 Å². The van der Waals surface area contributed by atoms with Gasteiger partial charge in [-0.2, -0.15) is 0 Å². The lowest BCUT2D eigenvalue weighted by Gasteiger charge is -2.36. The summed E-state index contributed by atoms with van der Waals surface area (Å²) in [7, 11) is -3.99. The molecule has 0 aliphatic carbocycles. The number of likely N-dealkylation sites (tertiary alicyclic amines) is 1. The Hall–Kier alpha value is -2.34. The highest BCUT2D eigenvalue weighted by atomic mass is 35.5. The molecule has 1 aromatic carbocycles. The number of aliphatic hydroxyl groups excluding tert-OH is 2. The molecular formula is C20H22ClF2N3O5S. The second-order valence-electron chi connectivity index (χ2n) is 7.43. The molecular weight excluding hydrogens is 468 g/mol. The second kappa shape index (κ2) is 9.65. The summed E-state index contributed by atoms with van der Waals surface area (Å²) in [4.78, 5) is 17.7. The first kappa shape index (κ1) is 24.3. The zero-order valence-electron chi connectivity index (χ0n) is 16.8. The summed E-state index contributed by atoms with van der Waals surface area (Å²) in [6, 6.07) is 4.43. The highest BCUT2D eigenvalue weighted by Crippen LogP contribution is 2.40. The molecule has 8 nitrogen and oxygen atoms in total. The van der Waals surface area contributed by atoms with Crippen LogP contribution in [0.1, 0.15) is 30.2 Å². The summed E-state index contributed by atoms with van der Waals surface area (Å²) in [5.41, 5.74) is -1.27. The Morgan fingerprint density at radius 1 is 1.28 bits per heavy atom. The van der Waals surface area contributed by atoms with Gasteiger partial charge in [-0.05, 0) is 30.3 Å². The molecule has 2 heterocycles. The maximum atomic E-state index is 15.5. The molecule has 2 aromatic rings. The fourth-order valence-electron chi connectivity index (χ4n) is 3.38. The Labute approximate surface area is 188 Å². The van der Waals surface area contributed by atoms with Crippen molar-refractivity contribution in [1.82, 2.24) is 9.88 Å². The molecule has 1 atom stereocenters. The van der Waals surface area contributed by atoms with Gasteiger partial charge < -0.3 is 20.4 Å². The summed E-state index contributed by atoms with van der Waals surface area (Å²) < 4.78 is 51.1. The lowest BCUT2D eigenvalue weighted by atomic mass is 9.89. The average molecular weight is 490 g/mol. The Balaban J connectivity index is 1.63. The first-order valence-electron chi connectivity index (χ1n) is 9.68. The van der Waals surface area contributed by atoms with Crippen LogP contribution < -0.4 is 5.32 Å². The molecule has 1 saturated heterocycles. The minimum atomic E-state index is -3.99. The third-order valence-corrected chi connectivity index (χ3v) is 6.86. The largest absolute Gasteiger partial charge is 0.393 e. The van der Waals surface area contributed by atoms with Crippen LogP contribution in [0, 0.1) is 0 Å². The molecule has 0 radical (unpaired) electrons. The number of piperidine rings is 1. The van der Waals surface area contributed by atoms with Crippen molar-refractivity contribution in [2.24, 2.45) is 0 Å². The number of urea groups is 1. The number of pyridine rings is 1. The summed E-state index contributed by atoms with van der Waals surface area (Å²) in [6.07, 6.45) is -0.0120. The molecule has 2 amide bonds. The van der Waals surface area contributed by atoms with E-state index in [1.54, 1.807) is 0 Å². The van der Waals surface area contributed by atoms with E-state index in [4.69, 9.17) is 16.7 Å². The van der Waals surface area contributed by atoms with Gasteiger partial charge in [0, 0.05) is 43.4 Å². The molecule has 32 heavy (non-hydrogen) atoms. The Morgan fingerprint density at radius 3 is 2.44 bits per heavy atom. The summed E-state index contributed by atoms with van der Waals surface area (Å²) in [5.74, 6) is 0. The summed E-state index contributed by atoms with van der Waals surface area (Å²) >= 11 is 6.16. The molecule has 0 saturated carbocycles. The van der Waals surface area contributed by atoms with Gasteiger partial charge in [-0.3, -0.25) is 4.98 Å². The first-order valence-corrected chi connectivity index (χ1v) is 11.7. The number of anilines is 1. The Morgan fingerprint density at radius 2 is 1.91 bits per heavy atom. The van der Waals surface area contributed by atoms with Gasteiger partial charge >= 0.3 is 6.03 Å². The number of nitrogens with zero attached hydrogens (tertiary/aromatic N) is 2. The van der Waals surface area contributed by atoms with Crippen LogP contribution in [0.3, 0.4) is 0 Å². The first-order chi connectivity index (χ1) is 15.1. The van der Waals surface area contributed by atoms with Crippen LogP contribution in [0.25, 0.3) is 0 Å². The highest BCUT2D eigenvalue weighted by Gasteiger charge is 2.40. The lowest BCUT2D eigenvalue weighted by Crippen LogP contribution is -2.45. The molecule has 174 valence electrons. The Kier molecular flexibility index (Phi) is 7.33. The number of amides is 2. The Bertz CT molecular complexity index is 1080. The molecule has 1 aromatic heterocycles. The van der Waals surface area contributed by atoms with Crippen molar-refractivity contribution in [1.29, 1.82) is 0 Å². The molecule has 1 fully saturated rings. The van der Waals surface area contributed by atoms with Crippen LogP contribution in [0.4, 0.5) is 19.3 Å². The van der Waals surface area contributed by atoms with Gasteiger partial charge in [-0.1, -0.05) is 11.6 Å². The number of sulfone groups is 1. The van der Waals surface area contributed by atoms with Crippen LogP contribution in [0.5, 0.6) is 0 Å². The van der Waals surface area contributed by atoms with Gasteiger partial charge in [-0.25, -0.2) is 22.0 Å². The van der Waals surface area contributed by atoms with Crippen LogP contribution in [0.15, 0.2) is 41.4 Å². The maximum absolute atomic E-state index is 15.5. The van der Waals surface area contributed by atoms with Gasteiger partial charge in [0.05, 0.1) is 22.2 Å². The predicted molar refractivity (Wildman–Crippen MR) is 114 cm³/mol. The molecule has 0 spiro atoms. The number of hydrogen-bond acceptors (Lipinski definition) is 6. The number of carbonyl (C=O) groups excluding carboxylic acids is 1. The molecule has 1 aliphatic rings. The zero-order chi connectivity index (χ0) is 23.5. The number of alkyl halides is 2. The standard InChI is InChI=1S/C20H22ClF2N3O5S/c21-16-9-13(17(28)11-27)10-24-18(16)20(23)5-7-26(8-6-20)19(29)25-14-1-3-15(4-2-14)32(30,31)12-22/h1-4,9-10,17,27-28H,5-8,11-12H2,(H,25,29)/t17-/m0/s1. The third-order valence-electron chi connectivity index (χ3n) is 5.30. The van der Waals surface area contributed by atoms with E-state index in [0.29, 0.717) is 5.69 Å². The van der Waals surface area contributed by atoms with Crippen LogP contribution in [-0.2, 0) is 15.5 Å². The molecule has 12 heteroatoms. The number of rotatable bonds is 6. The van der Waals surface area contributed by atoms with Crippen molar-refractivity contribution in [3.05, 3.63) is 52.8 Å². The lowest BCUT2D eigenvalue weighted by molar-refractivity contribution is 0.0679. The van der Waals surface area contributed by atoms with Crippen LogP contribution in [0.2, 0.25) is 5.02 Å². The average Bonchev–Trinajstić information content (AvgIpc) is 2.79. The smallest absolute Gasteiger partial charge is 0.321 e. The normalized spacial score (nSPS) is 17.1. The summed E-state index contributed by atoms with van der Waals surface area (Å²) in [5, 5.41) is 21.3. The number of nitrogens with one attached hydrogen (secondary N) is 1. The van der Waals surface area contributed by atoms with Gasteiger partial charge in [-0.15, -0.1) is 0 Å². The van der Waals surface area contributed by atoms with E-state index in [1.165, 1.54) is 41.4 Å². The number of aromatic nitrogens is 1. The number of aliphatic hydroxyl groups is 2. The second-order valence-corrected chi connectivity index (χ2v) is 9.75. The summed E-state index contributed by atoms with van der Waals surface area (Å²) in [6.45, 7) is -0.359. The van der Waals surface area contributed by atoms with Gasteiger partial charge in [0.1, 0.15) is 6.10 Å². The van der Waals surface area contributed by atoms with Crippen molar-refractivity contribution in [2.75, 3.05) is 31.0 Å². The fourth-order valence-corrected chi connectivity index (χ4v) is 4.40. The zero-order valence-corrected chi connectivity index (χ0v) is 18.4. The number of halogens is 3. The highest BCUT2D eigenvalue weighted by molar-refractivity contribution is 7.91. The molecule has 3 N–H and O–H groups in total. The van der Waals surface area contributed by atoms with Crippen molar-refractivity contribution >= 4 is 33.2 Å². The van der Waals surface area contributed by atoms with E-state index in [1.807, 2.05) is 0 Å². The predicted octanol–water partition coefficient (Wildman–Crippen LogP) is 2.95. The molecule has 3 rings (SSSR count). The van der Waals surface area contributed by atoms with Crippen LogP contribution >= 0.6 is 11.6 Å². The number of hydrogen-bond donors (Lipinski definition) is 3. The molecule has 1 aliphatic heterocycles. The monoisotopic (exact) mass is 489 g/mol. The van der Waals surface area contributed by atoms with E-state index in [0.717, 1.165) is 0 Å². The van der Waals surface area contributed by atoms with Crippen molar-refractivity contribution < 1.29 is 32.2 Å². The van der Waals surface area contributed by atoms with Crippen molar-refractivity contribution in [3.63, 3.8) is 0 Å². The van der Waals surface area contributed by atoms with E-state index >= 15 is 4.39 Å². The number of carbonyl (C=O) groups is 1. The van der Waals surface area contributed by atoms with Crippen molar-refractivity contribution in [2.45, 2.75) is 29.5 Å². The minimum absolute atomic E-state index is 0.0118. The van der Waals surface area contributed by atoms with Gasteiger partial charge in [0.15, 0.2) is 11.7 Å². The fraction of sp³-hybridized carbons (Fsp3) is 0.400. The molecule has 0 unspecified atom stereocenters.